The number of amides is 1. The largest absolute Gasteiger partial charge is 0.395 e. The highest BCUT2D eigenvalue weighted by Crippen LogP contribution is 2.23. The SMILES string of the molecule is O=C(CC1CSCCN1)N(CCO)C1CCCCC1. The van der Waals surface area contributed by atoms with Crippen molar-refractivity contribution < 1.29 is 9.90 Å². The Morgan fingerprint density at radius 2 is 2.11 bits per heavy atom. The Morgan fingerprint density at radius 3 is 2.74 bits per heavy atom. The lowest BCUT2D eigenvalue weighted by Crippen LogP contribution is -2.47. The van der Waals surface area contributed by atoms with Crippen molar-refractivity contribution in [2.75, 3.05) is 31.2 Å². The van der Waals surface area contributed by atoms with Crippen LogP contribution in [0, 0.1) is 0 Å². The van der Waals surface area contributed by atoms with E-state index < -0.39 is 0 Å². The minimum absolute atomic E-state index is 0.0785. The normalized spacial score (nSPS) is 25.2. The van der Waals surface area contributed by atoms with E-state index in [4.69, 9.17) is 0 Å². The second-order valence-electron chi connectivity index (χ2n) is 5.53. The molecule has 1 aliphatic heterocycles. The Kier molecular flexibility index (Phi) is 6.47. The van der Waals surface area contributed by atoms with E-state index in [-0.39, 0.29) is 12.5 Å². The second-order valence-corrected chi connectivity index (χ2v) is 6.68. The number of hydrogen-bond acceptors (Lipinski definition) is 4. The number of hydrogen-bond donors (Lipinski definition) is 2. The number of nitrogens with zero attached hydrogens (tertiary/aromatic N) is 1. The number of carbonyl (C=O) groups is 1. The molecule has 0 spiro atoms. The summed E-state index contributed by atoms with van der Waals surface area (Å²) < 4.78 is 0. The van der Waals surface area contributed by atoms with E-state index in [1.165, 1.54) is 19.3 Å². The lowest BCUT2D eigenvalue weighted by Gasteiger charge is -2.35. The summed E-state index contributed by atoms with van der Waals surface area (Å²) in [6.07, 6.45) is 6.54. The van der Waals surface area contributed by atoms with Crippen molar-refractivity contribution in [3.63, 3.8) is 0 Å². The summed E-state index contributed by atoms with van der Waals surface area (Å²) in [6, 6.07) is 0.681. The van der Waals surface area contributed by atoms with Crippen LogP contribution in [0.4, 0.5) is 0 Å². The zero-order valence-electron chi connectivity index (χ0n) is 11.6. The molecule has 0 aromatic heterocycles. The van der Waals surface area contributed by atoms with Crippen LogP contribution in [0.5, 0.6) is 0 Å². The molecule has 5 heteroatoms. The third-order valence-electron chi connectivity index (χ3n) is 4.10. The molecule has 1 aliphatic carbocycles. The topological polar surface area (TPSA) is 52.6 Å². The number of thioether (sulfide) groups is 1. The van der Waals surface area contributed by atoms with Gasteiger partial charge in [-0.05, 0) is 12.8 Å². The van der Waals surface area contributed by atoms with E-state index >= 15 is 0 Å². The maximum absolute atomic E-state index is 12.5. The molecule has 0 bridgehead atoms. The van der Waals surface area contributed by atoms with Crippen molar-refractivity contribution in [2.24, 2.45) is 0 Å². The summed E-state index contributed by atoms with van der Waals surface area (Å²) in [5, 5.41) is 12.6. The predicted octanol–water partition coefficient (Wildman–Crippen LogP) is 1.24. The van der Waals surface area contributed by atoms with Crippen molar-refractivity contribution in [2.45, 2.75) is 50.6 Å². The lowest BCUT2D eigenvalue weighted by molar-refractivity contribution is -0.135. The average molecular weight is 286 g/mol. The lowest BCUT2D eigenvalue weighted by atomic mass is 9.93. The van der Waals surface area contributed by atoms with Crippen molar-refractivity contribution >= 4 is 17.7 Å². The third-order valence-corrected chi connectivity index (χ3v) is 5.23. The molecule has 110 valence electrons. The molecule has 0 radical (unpaired) electrons. The third kappa shape index (κ3) is 4.65. The highest BCUT2D eigenvalue weighted by atomic mass is 32.2. The van der Waals surface area contributed by atoms with Gasteiger partial charge in [0.1, 0.15) is 0 Å². The van der Waals surface area contributed by atoms with Gasteiger partial charge in [0.15, 0.2) is 0 Å². The highest BCUT2D eigenvalue weighted by Gasteiger charge is 2.27. The van der Waals surface area contributed by atoms with Crippen LogP contribution in [-0.2, 0) is 4.79 Å². The van der Waals surface area contributed by atoms with E-state index in [2.05, 4.69) is 5.32 Å². The number of nitrogens with one attached hydrogen (secondary N) is 1. The first kappa shape index (κ1) is 15.1. The fourth-order valence-corrected chi connectivity index (χ4v) is 4.04. The van der Waals surface area contributed by atoms with Crippen molar-refractivity contribution in [1.29, 1.82) is 0 Å². The van der Waals surface area contributed by atoms with Crippen molar-refractivity contribution in [3.05, 3.63) is 0 Å². The molecule has 0 aromatic carbocycles. The van der Waals surface area contributed by atoms with Crippen LogP contribution in [0.2, 0.25) is 0 Å². The molecular weight excluding hydrogens is 260 g/mol. The summed E-state index contributed by atoms with van der Waals surface area (Å²) >= 11 is 1.92. The van der Waals surface area contributed by atoms with E-state index in [9.17, 15) is 9.90 Å². The Balaban J connectivity index is 1.87. The van der Waals surface area contributed by atoms with Crippen LogP contribution < -0.4 is 5.32 Å². The maximum Gasteiger partial charge on any atom is 0.224 e. The molecule has 19 heavy (non-hydrogen) atoms. The average Bonchev–Trinajstić information content (AvgIpc) is 2.46. The van der Waals surface area contributed by atoms with Gasteiger partial charge in [-0.25, -0.2) is 0 Å². The summed E-state index contributed by atoms with van der Waals surface area (Å²) in [5.41, 5.74) is 0. The van der Waals surface area contributed by atoms with Crippen LogP contribution in [0.3, 0.4) is 0 Å². The molecule has 1 saturated heterocycles. The van der Waals surface area contributed by atoms with Gasteiger partial charge in [0.25, 0.3) is 0 Å². The zero-order valence-corrected chi connectivity index (χ0v) is 12.5. The van der Waals surface area contributed by atoms with Gasteiger partial charge in [-0.3, -0.25) is 4.79 Å². The first-order valence-corrected chi connectivity index (χ1v) is 8.68. The molecule has 1 amide bonds. The van der Waals surface area contributed by atoms with Gasteiger partial charge in [-0.1, -0.05) is 19.3 Å². The van der Waals surface area contributed by atoms with E-state index in [0.717, 1.165) is 30.9 Å². The van der Waals surface area contributed by atoms with Crippen LogP contribution in [0.25, 0.3) is 0 Å². The van der Waals surface area contributed by atoms with Crippen LogP contribution in [0.1, 0.15) is 38.5 Å². The molecule has 2 rings (SSSR count). The summed E-state index contributed by atoms with van der Waals surface area (Å²) in [4.78, 5) is 14.4. The molecule has 2 aliphatic rings. The molecule has 1 unspecified atom stereocenters. The molecular formula is C14H26N2O2S. The van der Waals surface area contributed by atoms with Gasteiger partial charge in [0, 0.05) is 43.1 Å². The van der Waals surface area contributed by atoms with Gasteiger partial charge in [0.2, 0.25) is 5.91 Å². The van der Waals surface area contributed by atoms with Gasteiger partial charge in [-0.2, -0.15) is 11.8 Å². The summed E-state index contributed by atoms with van der Waals surface area (Å²) in [5.74, 6) is 2.40. The Morgan fingerprint density at radius 1 is 1.32 bits per heavy atom. The fraction of sp³-hybridized carbons (Fsp3) is 0.929. The quantitative estimate of drug-likeness (QED) is 0.798. The van der Waals surface area contributed by atoms with E-state index in [0.29, 0.717) is 25.0 Å². The van der Waals surface area contributed by atoms with Gasteiger partial charge in [0.05, 0.1) is 6.61 Å². The van der Waals surface area contributed by atoms with Crippen molar-refractivity contribution in [1.82, 2.24) is 10.2 Å². The van der Waals surface area contributed by atoms with Crippen LogP contribution in [-0.4, -0.2) is 59.2 Å². The van der Waals surface area contributed by atoms with Gasteiger partial charge in [-0.15, -0.1) is 0 Å². The smallest absolute Gasteiger partial charge is 0.224 e. The van der Waals surface area contributed by atoms with Crippen LogP contribution in [0.15, 0.2) is 0 Å². The number of carbonyl (C=O) groups excluding carboxylic acids is 1. The Hall–Kier alpha value is -0.260. The number of aliphatic hydroxyl groups excluding tert-OH is 1. The standard InChI is InChI=1S/C14H26N2O2S/c17-8-7-16(13-4-2-1-3-5-13)14(18)10-12-11-19-9-6-15-12/h12-13,15,17H,1-11H2. The Labute approximate surface area is 120 Å². The molecule has 1 saturated carbocycles. The number of aliphatic hydroxyl groups is 1. The molecule has 2 N–H and O–H groups in total. The highest BCUT2D eigenvalue weighted by molar-refractivity contribution is 7.99. The van der Waals surface area contributed by atoms with E-state index in [1.807, 2.05) is 16.7 Å². The second kappa shape index (κ2) is 8.12. The monoisotopic (exact) mass is 286 g/mol. The predicted molar refractivity (Wildman–Crippen MR) is 79.4 cm³/mol. The minimum Gasteiger partial charge on any atom is -0.395 e. The zero-order chi connectivity index (χ0) is 13.5. The Bertz CT molecular complexity index is 277. The molecule has 0 aromatic rings. The molecule has 1 heterocycles. The van der Waals surface area contributed by atoms with Gasteiger partial charge >= 0.3 is 0 Å². The number of rotatable bonds is 5. The van der Waals surface area contributed by atoms with Crippen molar-refractivity contribution in [3.8, 4) is 0 Å². The minimum atomic E-state index is 0.0785. The first-order chi connectivity index (χ1) is 9.31. The fourth-order valence-electron chi connectivity index (χ4n) is 3.09. The van der Waals surface area contributed by atoms with E-state index in [1.54, 1.807) is 0 Å². The summed E-state index contributed by atoms with van der Waals surface area (Å²) in [7, 11) is 0. The molecule has 1 atom stereocenters. The van der Waals surface area contributed by atoms with Crippen LogP contribution >= 0.6 is 11.8 Å². The first-order valence-electron chi connectivity index (χ1n) is 7.52. The summed E-state index contributed by atoms with van der Waals surface area (Å²) in [6.45, 7) is 1.59. The maximum atomic E-state index is 12.5. The molecule has 2 fully saturated rings. The molecule has 4 nitrogen and oxygen atoms in total. The van der Waals surface area contributed by atoms with Gasteiger partial charge < -0.3 is 15.3 Å².